The van der Waals surface area contributed by atoms with E-state index in [1.54, 1.807) is 0 Å². The molecule has 5 heteroatoms. The Morgan fingerprint density at radius 2 is 1.46 bits per heavy atom. The summed E-state index contributed by atoms with van der Waals surface area (Å²) >= 11 is 0. The first-order valence-electron chi connectivity index (χ1n) is 18.1. The third-order valence-electron chi connectivity index (χ3n) is 9.26. The number of hydrogen-bond donors (Lipinski definition) is 0. The number of aryl methyl sites for hydroxylation is 1. The van der Waals surface area contributed by atoms with Crippen molar-refractivity contribution in [3.8, 4) is 22.5 Å². The van der Waals surface area contributed by atoms with E-state index in [-0.39, 0.29) is 25.7 Å². The van der Waals surface area contributed by atoms with Crippen molar-refractivity contribution < 1.29 is 28.6 Å². The molecule has 3 heterocycles. The van der Waals surface area contributed by atoms with Crippen molar-refractivity contribution in [1.82, 2.24) is 9.97 Å². The molecule has 0 aliphatic carbocycles. The van der Waals surface area contributed by atoms with Gasteiger partial charge in [0.25, 0.3) is 0 Å². The van der Waals surface area contributed by atoms with Crippen molar-refractivity contribution in [3.05, 3.63) is 163 Å². The zero-order chi connectivity index (χ0) is 36.7. The van der Waals surface area contributed by atoms with Gasteiger partial charge in [-0.3, -0.25) is 0 Å². The van der Waals surface area contributed by atoms with E-state index in [1.807, 2.05) is 97.2 Å². The van der Waals surface area contributed by atoms with Gasteiger partial charge in [0.1, 0.15) is 5.58 Å². The van der Waals surface area contributed by atoms with E-state index >= 15 is 0 Å². The zero-order valence-corrected chi connectivity index (χ0v) is 32.2. The predicted molar refractivity (Wildman–Crippen MR) is 208 cm³/mol. The van der Waals surface area contributed by atoms with E-state index in [1.165, 1.54) is 11.4 Å². The van der Waals surface area contributed by atoms with E-state index < -0.39 is 20.3 Å². The maximum atomic E-state index is 8.16. The summed E-state index contributed by atoms with van der Waals surface area (Å²) in [5.41, 5.74) is 6.62. The summed E-state index contributed by atoms with van der Waals surface area (Å²) in [4.78, 5) is 9.11. The van der Waals surface area contributed by atoms with E-state index in [0.717, 1.165) is 60.7 Å². The van der Waals surface area contributed by atoms with Crippen LogP contribution in [0.2, 0.25) is 19.6 Å². The van der Waals surface area contributed by atoms with E-state index in [9.17, 15) is 0 Å². The molecule has 0 atom stereocenters. The molecule has 0 saturated carbocycles. The third kappa shape index (κ3) is 7.00. The Hall–Kier alpha value is -4.67. The number of nitrogens with zero attached hydrogens (tertiary/aromatic N) is 2. The maximum Gasteiger partial charge on any atom is 0.121 e. The van der Waals surface area contributed by atoms with Crippen LogP contribution in [-0.2, 0) is 25.5 Å². The molecule has 0 aliphatic rings. The van der Waals surface area contributed by atoms with Gasteiger partial charge in [-0.05, 0) is 57.0 Å². The monoisotopic (exact) mass is 848 g/mol. The molecule has 0 unspecified atom stereocenters. The first-order chi connectivity index (χ1) is 24.8. The molecule has 3 aromatic heterocycles. The van der Waals surface area contributed by atoms with Crippen molar-refractivity contribution in [2.24, 2.45) is 0 Å². The second-order valence-corrected chi connectivity index (χ2v) is 19.0. The van der Waals surface area contributed by atoms with Crippen LogP contribution >= 0.6 is 0 Å². The van der Waals surface area contributed by atoms with Gasteiger partial charge in [0.2, 0.25) is 0 Å². The van der Waals surface area contributed by atoms with Crippen molar-refractivity contribution in [3.63, 3.8) is 0 Å². The third-order valence-corrected chi connectivity index (χ3v) is 11.3. The SMILES string of the molecule is C[Si](C)(C)c1ccc(-c2[c-]cccc2)nc1.[2H]C([2H])([2H])c1cnc(-c2[c-]cc3oc4ccc5ccccc5c4c3c2)cc1C(C)(C)c1ccccc1.[Ir]. The molecule has 8 aromatic rings. The first-order valence-corrected chi connectivity index (χ1v) is 20.1. The van der Waals surface area contributed by atoms with E-state index in [4.69, 9.17) is 8.53 Å². The Morgan fingerprint density at radius 3 is 2.18 bits per heavy atom. The molecule has 50 heavy (non-hydrogen) atoms. The predicted octanol–water partition coefficient (Wildman–Crippen LogP) is 11.3. The summed E-state index contributed by atoms with van der Waals surface area (Å²) < 4.78 is 30.6. The molecule has 0 bridgehead atoms. The Kier molecular flexibility index (Phi) is 8.95. The molecule has 8 rings (SSSR count). The number of hydrogen-bond acceptors (Lipinski definition) is 3. The number of aromatic nitrogens is 2. The molecule has 0 spiro atoms. The smallest absolute Gasteiger partial charge is 0.121 e. The summed E-state index contributed by atoms with van der Waals surface area (Å²) in [5, 5.41) is 5.72. The molecule has 0 aliphatic heterocycles. The van der Waals surface area contributed by atoms with Crippen molar-refractivity contribution >= 4 is 46.0 Å². The van der Waals surface area contributed by atoms with Crippen LogP contribution in [0.25, 0.3) is 55.2 Å². The minimum Gasteiger partial charge on any atom is -0.500 e. The molecule has 3 nitrogen and oxygen atoms in total. The van der Waals surface area contributed by atoms with Crippen molar-refractivity contribution in [1.29, 1.82) is 0 Å². The summed E-state index contributed by atoms with van der Waals surface area (Å²) in [6.07, 6.45) is 3.52. The van der Waals surface area contributed by atoms with Crippen LogP contribution < -0.4 is 5.19 Å². The Labute approximate surface area is 314 Å². The van der Waals surface area contributed by atoms with Gasteiger partial charge in [0, 0.05) is 47.4 Å². The summed E-state index contributed by atoms with van der Waals surface area (Å²) in [6, 6.07) is 46.9. The van der Waals surface area contributed by atoms with Crippen LogP contribution in [0.4, 0.5) is 0 Å². The second-order valence-electron chi connectivity index (χ2n) is 14.0. The minimum absolute atomic E-state index is 0. The molecule has 0 N–H and O–H groups in total. The van der Waals surface area contributed by atoms with Gasteiger partial charge >= 0.3 is 0 Å². The standard InChI is InChI=1S/C31H24NO.C14H16NSi.Ir/c1-20-19-32-27(18-26(20)31(2,3)23-10-5-4-6-11-23)22-14-15-28-25(17-22)30-24-12-8-7-9-21(24)13-16-29(30)33-28;1-16(2,3)13-9-10-14(15-11-13)12-7-5-4-6-8-12;/h4-13,15-19H,1-3H3;4-7,9-11H,1-3H3;/q2*-1;/i1D3;;. The van der Waals surface area contributed by atoms with Crippen LogP contribution in [0.3, 0.4) is 0 Å². The molecule has 0 fully saturated rings. The topological polar surface area (TPSA) is 38.9 Å². The molecule has 0 saturated heterocycles. The number of rotatable bonds is 5. The summed E-state index contributed by atoms with van der Waals surface area (Å²) in [6.45, 7) is 8.83. The molecule has 251 valence electrons. The molecule has 0 amide bonds. The quantitative estimate of drug-likeness (QED) is 0.128. The fourth-order valence-electron chi connectivity index (χ4n) is 6.32. The second kappa shape index (κ2) is 14.3. The van der Waals surface area contributed by atoms with Crippen molar-refractivity contribution in [2.75, 3.05) is 0 Å². The Morgan fingerprint density at radius 1 is 0.700 bits per heavy atom. The first kappa shape index (κ1) is 31.3. The Balaban J connectivity index is 0.000000238. The van der Waals surface area contributed by atoms with Gasteiger partial charge in [-0.15, -0.1) is 59.7 Å². The minimum atomic E-state index is -2.28. The van der Waals surface area contributed by atoms with Gasteiger partial charge in [-0.1, -0.05) is 118 Å². The van der Waals surface area contributed by atoms with Crippen LogP contribution in [-0.4, -0.2) is 18.0 Å². The van der Waals surface area contributed by atoms with Crippen LogP contribution in [0.5, 0.6) is 0 Å². The Bertz CT molecular complexity index is 2510. The van der Waals surface area contributed by atoms with Crippen LogP contribution in [0, 0.1) is 19.0 Å². The van der Waals surface area contributed by atoms with Crippen LogP contribution in [0.1, 0.15) is 34.7 Å². The van der Waals surface area contributed by atoms with Gasteiger partial charge in [-0.25, -0.2) is 0 Å². The van der Waals surface area contributed by atoms with Gasteiger partial charge in [0.05, 0.1) is 13.7 Å². The number of fused-ring (bicyclic) bond motifs is 5. The maximum absolute atomic E-state index is 8.16. The van der Waals surface area contributed by atoms with Gasteiger partial charge in [0.15, 0.2) is 0 Å². The van der Waals surface area contributed by atoms with E-state index in [0.29, 0.717) is 5.69 Å². The van der Waals surface area contributed by atoms with E-state index in [2.05, 4.69) is 85.9 Å². The summed E-state index contributed by atoms with van der Waals surface area (Å²) in [7, 11) is -1.23. The molecule has 5 aromatic carbocycles. The molecular weight excluding hydrogens is 805 g/mol. The van der Waals surface area contributed by atoms with Gasteiger partial charge < -0.3 is 14.4 Å². The van der Waals surface area contributed by atoms with Crippen LogP contribution in [0.15, 0.2) is 138 Å². The number of furan rings is 1. The number of benzene rings is 5. The fourth-order valence-corrected chi connectivity index (χ4v) is 7.35. The van der Waals surface area contributed by atoms with Gasteiger partial charge in [-0.2, -0.15) is 0 Å². The molecular formula is C45H40IrN2OSi-2. The average molecular weight is 848 g/mol. The average Bonchev–Trinajstić information content (AvgIpc) is 3.53. The largest absolute Gasteiger partial charge is 0.500 e. The fraction of sp³-hybridized carbons (Fsp3) is 0.156. The normalized spacial score (nSPS) is 12.8. The number of pyridine rings is 2. The molecule has 1 radical (unpaired) electrons. The van der Waals surface area contributed by atoms with Crippen molar-refractivity contribution in [2.45, 2.75) is 45.8 Å². The zero-order valence-electron chi connectivity index (χ0n) is 31.8. The summed E-state index contributed by atoms with van der Waals surface area (Å²) in [5.74, 6) is 0.